The lowest BCUT2D eigenvalue weighted by molar-refractivity contribution is -0.137. The molecule has 1 amide bonds. The van der Waals surface area contributed by atoms with Gasteiger partial charge in [-0.2, -0.15) is 13.2 Å². The van der Waals surface area contributed by atoms with Gasteiger partial charge in [-0.15, -0.1) is 11.6 Å². The van der Waals surface area contributed by atoms with Crippen LogP contribution < -0.4 is 10.2 Å². The molecule has 4 nitrogen and oxygen atoms in total. The molecule has 28 heavy (non-hydrogen) atoms. The number of hydrogen-bond donors (Lipinski definition) is 1. The first-order valence-corrected chi connectivity index (χ1v) is 9.48. The highest BCUT2D eigenvalue weighted by Gasteiger charge is 2.32. The molecule has 1 fully saturated rings. The van der Waals surface area contributed by atoms with Crippen molar-refractivity contribution < 1.29 is 18.0 Å². The smallest absolute Gasteiger partial charge is 0.367 e. The van der Waals surface area contributed by atoms with Crippen molar-refractivity contribution in [1.82, 2.24) is 4.90 Å². The van der Waals surface area contributed by atoms with Crippen molar-refractivity contribution in [3.8, 4) is 0 Å². The van der Waals surface area contributed by atoms with Crippen LogP contribution in [0.3, 0.4) is 0 Å². The summed E-state index contributed by atoms with van der Waals surface area (Å²) >= 11 is 5.51. The molecule has 2 aromatic carbocycles. The second-order valence-electron chi connectivity index (χ2n) is 6.66. The summed E-state index contributed by atoms with van der Waals surface area (Å²) in [4.78, 5) is 16.0. The molecule has 3 rings (SSSR count). The van der Waals surface area contributed by atoms with Crippen molar-refractivity contribution in [1.29, 1.82) is 0 Å². The number of anilines is 2. The Bertz CT molecular complexity index is 806. The van der Waals surface area contributed by atoms with Crippen LogP contribution >= 0.6 is 11.6 Å². The third-order valence-corrected chi connectivity index (χ3v) is 4.92. The zero-order valence-electron chi connectivity index (χ0n) is 15.2. The average Bonchev–Trinajstić information content (AvgIpc) is 2.68. The Morgan fingerprint density at radius 3 is 2.32 bits per heavy atom. The summed E-state index contributed by atoms with van der Waals surface area (Å²) < 4.78 is 39.2. The van der Waals surface area contributed by atoms with Crippen LogP contribution in [0, 0.1) is 0 Å². The molecule has 2 aromatic rings. The molecule has 0 atom stereocenters. The monoisotopic (exact) mass is 411 g/mol. The normalized spacial score (nSPS) is 15.5. The number of alkyl halides is 4. The fourth-order valence-corrected chi connectivity index (χ4v) is 3.33. The first-order valence-electron chi connectivity index (χ1n) is 8.95. The predicted molar refractivity (Wildman–Crippen MR) is 105 cm³/mol. The lowest BCUT2D eigenvalue weighted by atomic mass is 10.1. The summed E-state index contributed by atoms with van der Waals surface area (Å²) in [7, 11) is 0. The molecule has 1 saturated heterocycles. The highest BCUT2D eigenvalue weighted by molar-refractivity contribution is 6.29. The minimum atomic E-state index is -4.48. The van der Waals surface area contributed by atoms with Crippen molar-refractivity contribution in [2.75, 3.05) is 42.3 Å². The van der Waals surface area contributed by atoms with E-state index in [1.807, 2.05) is 23.1 Å². The molecule has 0 aliphatic carbocycles. The van der Waals surface area contributed by atoms with E-state index in [0.717, 1.165) is 31.8 Å². The van der Waals surface area contributed by atoms with Gasteiger partial charge in [0.05, 0.1) is 16.9 Å². The average molecular weight is 412 g/mol. The third-order valence-electron chi connectivity index (χ3n) is 4.68. The maximum Gasteiger partial charge on any atom is 0.416 e. The van der Waals surface area contributed by atoms with Crippen LogP contribution in [0.4, 0.5) is 24.5 Å². The molecule has 1 N–H and O–H groups in total. The number of piperazine rings is 1. The number of amides is 1. The molecule has 150 valence electrons. The van der Waals surface area contributed by atoms with Gasteiger partial charge < -0.3 is 10.2 Å². The van der Waals surface area contributed by atoms with Crippen molar-refractivity contribution >= 4 is 28.9 Å². The SMILES string of the molecule is O=C(CCl)Nc1cc(C(F)(F)F)ccc1N1CCN(Cc2ccccc2)CC1. The Hall–Kier alpha value is -2.25. The minimum Gasteiger partial charge on any atom is -0.367 e. The standard InChI is InChI=1S/C20H21ClF3N3O/c21-13-19(28)25-17-12-16(20(22,23)24)6-7-18(17)27-10-8-26(9-11-27)14-15-4-2-1-3-5-15/h1-7,12H,8-11,13-14H2,(H,25,28). The summed E-state index contributed by atoms with van der Waals surface area (Å²) in [5.74, 6) is -0.856. The summed E-state index contributed by atoms with van der Waals surface area (Å²) in [5, 5.41) is 2.49. The molecular formula is C20H21ClF3N3O. The van der Waals surface area contributed by atoms with E-state index in [-0.39, 0.29) is 11.6 Å². The number of benzene rings is 2. The quantitative estimate of drug-likeness (QED) is 0.749. The molecule has 0 bridgehead atoms. The van der Waals surface area contributed by atoms with Crippen molar-refractivity contribution in [3.05, 3.63) is 59.7 Å². The van der Waals surface area contributed by atoms with Gasteiger partial charge in [-0.3, -0.25) is 9.69 Å². The third kappa shape index (κ3) is 5.17. The fraction of sp³-hybridized carbons (Fsp3) is 0.350. The van der Waals surface area contributed by atoms with E-state index in [4.69, 9.17) is 11.6 Å². The Kier molecular flexibility index (Phi) is 6.46. The van der Waals surface area contributed by atoms with Crippen molar-refractivity contribution in [2.45, 2.75) is 12.7 Å². The van der Waals surface area contributed by atoms with Gasteiger partial charge in [0.25, 0.3) is 0 Å². The van der Waals surface area contributed by atoms with Gasteiger partial charge in [0.15, 0.2) is 0 Å². The number of nitrogens with zero attached hydrogens (tertiary/aromatic N) is 2. The molecular weight excluding hydrogens is 391 g/mol. The summed E-state index contributed by atoms with van der Waals surface area (Å²) in [6, 6.07) is 13.5. The second-order valence-corrected chi connectivity index (χ2v) is 6.93. The maximum absolute atomic E-state index is 13.1. The lowest BCUT2D eigenvalue weighted by Gasteiger charge is -2.37. The van der Waals surface area contributed by atoms with Gasteiger partial charge in [-0.05, 0) is 23.8 Å². The highest BCUT2D eigenvalue weighted by atomic mass is 35.5. The molecule has 0 aromatic heterocycles. The highest BCUT2D eigenvalue weighted by Crippen LogP contribution is 2.36. The molecule has 0 radical (unpaired) electrons. The van der Waals surface area contributed by atoms with Gasteiger partial charge in [0, 0.05) is 32.7 Å². The van der Waals surface area contributed by atoms with Crippen LogP contribution in [0.25, 0.3) is 0 Å². The molecule has 0 spiro atoms. The van der Waals surface area contributed by atoms with Crippen LogP contribution in [-0.2, 0) is 17.5 Å². The van der Waals surface area contributed by atoms with E-state index < -0.39 is 17.6 Å². The number of nitrogens with one attached hydrogen (secondary N) is 1. The molecule has 8 heteroatoms. The molecule has 1 aliphatic rings. The summed E-state index contributed by atoms with van der Waals surface area (Å²) in [6.45, 7) is 3.69. The minimum absolute atomic E-state index is 0.136. The van der Waals surface area contributed by atoms with Gasteiger partial charge in [0.1, 0.15) is 5.88 Å². The van der Waals surface area contributed by atoms with Crippen LogP contribution in [0.15, 0.2) is 48.5 Å². The van der Waals surface area contributed by atoms with E-state index in [1.165, 1.54) is 11.6 Å². The van der Waals surface area contributed by atoms with E-state index in [9.17, 15) is 18.0 Å². The van der Waals surface area contributed by atoms with Gasteiger partial charge in [0.2, 0.25) is 5.91 Å². The Labute approximate surface area is 166 Å². The van der Waals surface area contributed by atoms with E-state index in [0.29, 0.717) is 18.8 Å². The van der Waals surface area contributed by atoms with Crippen LogP contribution in [0.2, 0.25) is 0 Å². The zero-order chi connectivity index (χ0) is 20.1. The number of carbonyl (C=O) groups is 1. The number of halogens is 4. The molecule has 0 saturated carbocycles. The Balaban J connectivity index is 1.73. The number of carbonyl (C=O) groups excluding carboxylic acids is 1. The summed E-state index contributed by atoms with van der Waals surface area (Å²) in [6.07, 6.45) is -4.48. The first kappa shape index (κ1) is 20.5. The second kappa shape index (κ2) is 8.84. The first-order chi connectivity index (χ1) is 13.4. The topological polar surface area (TPSA) is 35.6 Å². The Morgan fingerprint density at radius 1 is 1.04 bits per heavy atom. The van der Waals surface area contributed by atoms with Crippen LogP contribution in [0.5, 0.6) is 0 Å². The number of hydrogen-bond acceptors (Lipinski definition) is 3. The predicted octanol–water partition coefficient (Wildman–Crippen LogP) is 4.20. The summed E-state index contributed by atoms with van der Waals surface area (Å²) in [5.41, 5.74) is 1.13. The molecule has 1 aliphatic heterocycles. The molecule has 1 heterocycles. The maximum atomic E-state index is 13.1. The zero-order valence-corrected chi connectivity index (χ0v) is 15.9. The largest absolute Gasteiger partial charge is 0.416 e. The van der Waals surface area contributed by atoms with Gasteiger partial charge in [-0.1, -0.05) is 30.3 Å². The molecule has 0 unspecified atom stereocenters. The van der Waals surface area contributed by atoms with E-state index in [1.54, 1.807) is 0 Å². The van der Waals surface area contributed by atoms with Crippen LogP contribution in [0.1, 0.15) is 11.1 Å². The fourth-order valence-electron chi connectivity index (χ4n) is 3.26. The van der Waals surface area contributed by atoms with E-state index >= 15 is 0 Å². The Morgan fingerprint density at radius 2 is 1.71 bits per heavy atom. The van der Waals surface area contributed by atoms with Gasteiger partial charge in [-0.25, -0.2) is 0 Å². The van der Waals surface area contributed by atoms with Crippen LogP contribution in [-0.4, -0.2) is 42.9 Å². The van der Waals surface area contributed by atoms with Crippen molar-refractivity contribution in [3.63, 3.8) is 0 Å². The van der Waals surface area contributed by atoms with E-state index in [2.05, 4.69) is 22.3 Å². The van der Waals surface area contributed by atoms with Gasteiger partial charge >= 0.3 is 6.18 Å². The lowest BCUT2D eigenvalue weighted by Crippen LogP contribution is -2.46. The van der Waals surface area contributed by atoms with Crippen molar-refractivity contribution in [2.24, 2.45) is 0 Å². The number of rotatable bonds is 5.